The molecule has 2 aromatic carbocycles. The van der Waals surface area contributed by atoms with Crippen molar-refractivity contribution in [2.24, 2.45) is 0 Å². The topological polar surface area (TPSA) is 81.4 Å². The van der Waals surface area contributed by atoms with Gasteiger partial charge in [-0.05, 0) is 56.3 Å². The Balaban J connectivity index is 1.71. The van der Waals surface area contributed by atoms with Gasteiger partial charge in [-0.1, -0.05) is 28.4 Å². The lowest BCUT2D eigenvalue weighted by atomic mass is 10.2. The summed E-state index contributed by atoms with van der Waals surface area (Å²) in [6, 6.07) is 10.6. The quantitative estimate of drug-likeness (QED) is 0.600. The zero-order chi connectivity index (χ0) is 19.6. The number of sulfonamides is 1. The van der Waals surface area contributed by atoms with E-state index in [1.165, 1.54) is 30.3 Å². The molecular formula is C18H16Cl2N2O4S. The molecule has 0 aliphatic heterocycles. The molecule has 142 valence electrons. The van der Waals surface area contributed by atoms with E-state index in [1.807, 2.05) is 13.8 Å². The molecule has 3 rings (SSSR count). The van der Waals surface area contributed by atoms with Gasteiger partial charge in [0, 0.05) is 0 Å². The molecule has 1 aromatic heterocycles. The summed E-state index contributed by atoms with van der Waals surface area (Å²) in [4.78, 5) is 0.0956. The van der Waals surface area contributed by atoms with Crippen molar-refractivity contribution in [2.75, 3.05) is 4.72 Å². The summed E-state index contributed by atoms with van der Waals surface area (Å²) in [5.41, 5.74) is 1.95. The third-order valence-electron chi connectivity index (χ3n) is 3.87. The maximum atomic E-state index is 12.5. The fourth-order valence-corrected chi connectivity index (χ4v) is 3.70. The van der Waals surface area contributed by atoms with Crippen molar-refractivity contribution >= 4 is 38.9 Å². The average Bonchev–Trinajstić information content (AvgIpc) is 2.94. The van der Waals surface area contributed by atoms with E-state index in [2.05, 4.69) is 9.88 Å². The van der Waals surface area contributed by atoms with Crippen LogP contribution in [0.1, 0.15) is 17.0 Å². The van der Waals surface area contributed by atoms with Gasteiger partial charge in [0.15, 0.2) is 0 Å². The standard InChI is InChI=1S/C18H16Cl2N2O4S/c1-11-16(12(2)26-21-11)10-25-14-4-6-15(7-5-14)27(23,24)22-13-3-8-17(19)18(20)9-13/h3-9,22H,10H2,1-2H3. The highest BCUT2D eigenvalue weighted by Crippen LogP contribution is 2.27. The SMILES string of the molecule is Cc1noc(C)c1COc1ccc(S(=O)(=O)Nc2ccc(Cl)c(Cl)c2)cc1. The Hall–Kier alpha value is -2.22. The summed E-state index contributed by atoms with van der Waals surface area (Å²) < 4.78 is 38.2. The molecule has 9 heteroatoms. The number of ether oxygens (including phenoxy) is 1. The van der Waals surface area contributed by atoms with E-state index < -0.39 is 10.0 Å². The van der Waals surface area contributed by atoms with Gasteiger partial charge >= 0.3 is 0 Å². The minimum absolute atomic E-state index is 0.0956. The van der Waals surface area contributed by atoms with E-state index in [9.17, 15) is 8.42 Å². The number of hydrogen-bond acceptors (Lipinski definition) is 5. The second-order valence-electron chi connectivity index (χ2n) is 5.80. The summed E-state index contributed by atoms with van der Waals surface area (Å²) in [6.45, 7) is 3.93. The molecule has 0 radical (unpaired) electrons. The molecule has 0 aliphatic rings. The van der Waals surface area contributed by atoms with Gasteiger partial charge in [-0.25, -0.2) is 8.42 Å². The van der Waals surface area contributed by atoms with E-state index in [-0.39, 0.29) is 16.5 Å². The van der Waals surface area contributed by atoms with E-state index in [4.69, 9.17) is 32.5 Å². The Bertz CT molecular complexity index is 1040. The highest BCUT2D eigenvalue weighted by atomic mass is 35.5. The van der Waals surface area contributed by atoms with Gasteiger partial charge in [0.2, 0.25) is 0 Å². The molecule has 1 heterocycles. The summed E-state index contributed by atoms with van der Waals surface area (Å²) >= 11 is 11.8. The predicted molar refractivity (Wildman–Crippen MR) is 104 cm³/mol. The zero-order valence-electron chi connectivity index (χ0n) is 14.5. The number of benzene rings is 2. The van der Waals surface area contributed by atoms with Crippen LogP contribution in [0.4, 0.5) is 5.69 Å². The normalized spacial score (nSPS) is 11.4. The molecule has 0 saturated carbocycles. The molecule has 0 bridgehead atoms. The lowest BCUT2D eigenvalue weighted by Gasteiger charge is -2.10. The van der Waals surface area contributed by atoms with Gasteiger partial charge in [0.25, 0.3) is 10.0 Å². The van der Waals surface area contributed by atoms with Crippen LogP contribution in [0.5, 0.6) is 5.75 Å². The van der Waals surface area contributed by atoms with Crippen molar-refractivity contribution < 1.29 is 17.7 Å². The number of aromatic nitrogens is 1. The number of hydrogen-bond donors (Lipinski definition) is 1. The fourth-order valence-electron chi connectivity index (χ4n) is 2.35. The second kappa shape index (κ2) is 7.80. The average molecular weight is 427 g/mol. The van der Waals surface area contributed by atoms with Crippen LogP contribution < -0.4 is 9.46 Å². The van der Waals surface area contributed by atoms with E-state index in [0.717, 1.165) is 11.3 Å². The summed E-state index contributed by atoms with van der Waals surface area (Å²) in [5, 5.41) is 4.48. The molecule has 6 nitrogen and oxygen atoms in total. The smallest absolute Gasteiger partial charge is 0.261 e. The lowest BCUT2D eigenvalue weighted by Crippen LogP contribution is -2.12. The van der Waals surface area contributed by atoms with Gasteiger partial charge in [0.05, 0.1) is 31.9 Å². The third-order valence-corrected chi connectivity index (χ3v) is 6.01. The molecule has 27 heavy (non-hydrogen) atoms. The van der Waals surface area contributed by atoms with Gasteiger partial charge < -0.3 is 9.26 Å². The van der Waals surface area contributed by atoms with E-state index >= 15 is 0 Å². The Kier molecular flexibility index (Phi) is 5.64. The van der Waals surface area contributed by atoms with Crippen molar-refractivity contribution in [3.05, 3.63) is 69.5 Å². The van der Waals surface area contributed by atoms with Crippen LogP contribution in [0.3, 0.4) is 0 Å². The van der Waals surface area contributed by atoms with Crippen molar-refractivity contribution in [1.82, 2.24) is 5.16 Å². The number of aryl methyl sites for hydroxylation is 2. The van der Waals surface area contributed by atoms with Crippen LogP contribution in [0.15, 0.2) is 51.9 Å². The number of halogens is 2. The Morgan fingerprint density at radius 1 is 1.07 bits per heavy atom. The molecule has 0 fully saturated rings. The van der Waals surface area contributed by atoms with Gasteiger partial charge in [-0.2, -0.15) is 0 Å². The molecule has 3 aromatic rings. The van der Waals surface area contributed by atoms with Crippen molar-refractivity contribution in [3.63, 3.8) is 0 Å². The molecule has 0 atom stereocenters. The monoisotopic (exact) mass is 426 g/mol. The summed E-state index contributed by atoms with van der Waals surface area (Å²) in [5.74, 6) is 1.22. The third kappa shape index (κ3) is 4.55. The van der Waals surface area contributed by atoms with Gasteiger partial charge in [0.1, 0.15) is 18.1 Å². The number of anilines is 1. The van der Waals surface area contributed by atoms with Crippen LogP contribution in [0.25, 0.3) is 0 Å². The number of nitrogens with zero attached hydrogens (tertiary/aromatic N) is 1. The summed E-state index contributed by atoms with van der Waals surface area (Å²) in [7, 11) is -3.76. The van der Waals surface area contributed by atoms with Crippen LogP contribution in [-0.4, -0.2) is 13.6 Å². The van der Waals surface area contributed by atoms with Gasteiger partial charge in [-0.3, -0.25) is 4.72 Å². The Morgan fingerprint density at radius 2 is 1.78 bits per heavy atom. The first-order valence-corrected chi connectivity index (χ1v) is 10.1. The fraction of sp³-hybridized carbons (Fsp3) is 0.167. The maximum Gasteiger partial charge on any atom is 0.261 e. The molecule has 0 saturated heterocycles. The minimum Gasteiger partial charge on any atom is -0.489 e. The molecule has 0 amide bonds. The molecule has 0 unspecified atom stereocenters. The highest BCUT2D eigenvalue weighted by Gasteiger charge is 2.15. The summed E-state index contributed by atoms with van der Waals surface area (Å²) in [6.07, 6.45) is 0. The first-order chi connectivity index (χ1) is 12.8. The molecule has 0 aliphatic carbocycles. The van der Waals surface area contributed by atoms with E-state index in [0.29, 0.717) is 22.2 Å². The van der Waals surface area contributed by atoms with Crippen LogP contribution in [0.2, 0.25) is 10.0 Å². The van der Waals surface area contributed by atoms with Crippen molar-refractivity contribution in [1.29, 1.82) is 0 Å². The Morgan fingerprint density at radius 3 is 2.37 bits per heavy atom. The first-order valence-electron chi connectivity index (χ1n) is 7.89. The molecular weight excluding hydrogens is 411 g/mol. The second-order valence-corrected chi connectivity index (χ2v) is 8.29. The van der Waals surface area contributed by atoms with Crippen molar-refractivity contribution in [2.45, 2.75) is 25.3 Å². The molecule has 1 N–H and O–H groups in total. The van der Waals surface area contributed by atoms with Crippen LogP contribution in [0, 0.1) is 13.8 Å². The van der Waals surface area contributed by atoms with Crippen LogP contribution in [-0.2, 0) is 16.6 Å². The largest absolute Gasteiger partial charge is 0.489 e. The van der Waals surface area contributed by atoms with Crippen LogP contribution >= 0.6 is 23.2 Å². The Labute approximate surface area is 167 Å². The lowest BCUT2D eigenvalue weighted by molar-refractivity contribution is 0.301. The minimum atomic E-state index is -3.76. The maximum absolute atomic E-state index is 12.5. The number of rotatable bonds is 6. The first kappa shape index (κ1) is 19.5. The number of nitrogens with one attached hydrogen (secondary N) is 1. The van der Waals surface area contributed by atoms with E-state index in [1.54, 1.807) is 12.1 Å². The van der Waals surface area contributed by atoms with Crippen molar-refractivity contribution in [3.8, 4) is 5.75 Å². The van der Waals surface area contributed by atoms with Gasteiger partial charge in [-0.15, -0.1) is 0 Å². The highest BCUT2D eigenvalue weighted by molar-refractivity contribution is 7.92. The zero-order valence-corrected chi connectivity index (χ0v) is 16.8. The predicted octanol–water partition coefficient (Wildman–Crippen LogP) is 4.98. The molecule has 0 spiro atoms.